The summed E-state index contributed by atoms with van der Waals surface area (Å²) in [4.78, 5) is 3.58. The van der Waals surface area contributed by atoms with Crippen molar-refractivity contribution >= 4 is 10.0 Å². The maximum atomic E-state index is 10.8. The first-order chi connectivity index (χ1) is 5.89. The summed E-state index contributed by atoms with van der Waals surface area (Å²) in [7, 11) is -3.73. The Kier molecular flexibility index (Phi) is 2.69. The number of aliphatic hydroxyl groups is 1. The molecule has 7 heteroatoms. The smallest absolute Gasteiger partial charge is 0.257 e. The minimum absolute atomic E-state index is 0.187. The molecule has 0 aliphatic rings. The van der Waals surface area contributed by atoms with Gasteiger partial charge in [-0.2, -0.15) is 0 Å². The summed E-state index contributed by atoms with van der Waals surface area (Å²) >= 11 is 0. The first kappa shape index (κ1) is 10.2. The second-order valence-electron chi connectivity index (χ2n) is 2.80. The van der Waals surface area contributed by atoms with E-state index >= 15 is 0 Å². The Bertz CT molecular complexity index is 382. The van der Waals surface area contributed by atoms with Gasteiger partial charge < -0.3 is 9.67 Å². The van der Waals surface area contributed by atoms with Crippen LogP contribution in [0.4, 0.5) is 0 Å². The number of aliphatic hydroxyl groups excluding tert-OH is 1. The second-order valence-corrected chi connectivity index (χ2v) is 4.31. The van der Waals surface area contributed by atoms with Gasteiger partial charge in [-0.15, -0.1) is 0 Å². The van der Waals surface area contributed by atoms with E-state index in [1.54, 1.807) is 6.92 Å². The molecule has 0 radical (unpaired) electrons. The molecule has 0 saturated carbocycles. The molecule has 0 spiro atoms. The molecule has 0 unspecified atom stereocenters. The van der Waals surface area contributed by atoms with Crippen molar-refractivity contribution in [1.29, 1.82) is 0 Å². The zero-order chi connectivity index (χ0) is 10.1. The van der Waals surface area contributed by atoms with Crippen LogP contribution in [0.1, 0.15) is 6.92 Å². The zero-order valence-corrected chi connectivity index (χ0v) is 7.90. The van der Waals surface area contributed by atoms with Crippen molar-refractivity contribution in [2.45, 2.75) is 24.6 Å². The molecule has 0 saturated heterocycles. The molecule has 3 N–H and O–H groups in total. The molecule has 1 rings (SSSR count). The van der Waals surface area contributed by atoms with Crippen LogP contribution in [-0.2, 0) is 16.6 Å². The van der Waals surface area contributed by atoms with Gasteiger partial charge >= 0.3 is 0 Å². The molecule has 13 heavy (non-hydrogen) atoms. The molecule has 0 bridgehead atoms. The van der Waals surface area contributed by atoms with Crippen LogP contribution in [0.25, 0.3) is 0 Å². The number of aromatic nitrogens is 2. The van der Waals surface area contributed by atoms with Crippen LogP contribution in [0.5, 0.6) is 0 Å². The lowest BCUT2D eigenvalue weighted by molar-refractivity contribution is 0.173. The first-order valence-electron chi connectivity index (χ1n) is 3.62. The van der Waals surface area contributed by atoms with Crippen molar-refractivity contribution < 1.29 is 13.5 Å². The van der Waals surface area contributed by atoms with Gasteiger partial charge in [0.25, 0.3) is 10.0 Å². The van der Waals surface area contributed by atoms with Crippen LogP contribution < -0.4 is 5.14 Å². The van der Waals surface area contributed by atoms with Gasteiger partial charge in [-0.1, -0.05) is 0 Å². The maximum Gasteiger partial charge on any atom is 0.257 e. The Balaban J connectivity index is 2.88. The van der Waals surface area contributed by atoms with E-state index in [1.807, 2.05) is 0 Å². The van der Waals surface area contributed by atoms with E-state index in [0.717, 1.165) is 0 Å². The van der Waals surface area contributed by atoms with Crippen molar-refractivity contribution in [3.05, 3.63) is 12.5 Å². The van der Waals surface area contributed by atoms with Crippen molar-refractivity contribution in [2.75, 3.05) is 0 Å². The third-order valence-electron chi connectivity index (χ3n) is 1.38. The van der Waals surface area contributed by atoms with E-state index in [-0.39, 0.29) is 5.03 Å². The number of hydrogen-bond acceptors (Lipinski definition) is 4. The Morgan fingerprint density at radius 1 is 1.77 bits per heavy atom. The lowest BCUT2D eigenvalue weighted by Crippen LogP contribution is -2.13. The summed E-state index contributed by atoms with van der Waals surface area (Å²) < 4.78 is 23.0. The predicted molar refractivity (Wildman–Crippen MR) is 45.3 cm³/mol. The summed E-state index contributed by atoms with van der Waals surface area (Å²) in [6.07, 6.45) is 2.04. The molecule has 0 aromatic carbocycles. The van der Waals surface area contributed by atoms with Gasteiger partial charge in [0, 0.05) is 12.7 Å². The monoisotopic (exact) mass is 205 g/mol. The number of rotatable bonds is 3. The van der Waals surface area contributed by atoms with Crippen molar-refractivity contribution in [3.8, 4) is 0 Å². The Morgan fingerprint density at radius 2 is 2.38 bits per heavy atom. The Labute approximate surface area is 76.1 Å². The molecule has 0 aliphatic carbocycles. The minimum atomic E-state index is -3.73. The topological polar surface area (TPSA) is 98.2 Å². The minimum Gasteiger partial charge on any atom is -0.392 e. The number of primary sulfonamides is 1. The number of imidazole rings is 1. The molecular weight excluding hydrogens is 194 g/mol. The van der Waals surface area contributed by atoms with Crippen molar-refractivity contribution in [2.24, 2.45) is 5.14 Å². The van der Waals surface area contributed by atoms with Crippen LogP contribution in [-0.4, -0.2) is 29.2 Å². The fourth-order valence-corrected chi connectivity index (χ4v) is 1.37. The van der Waals surface area contributed by atoms with Crippen LogP contribution >= 0.6 is 0 Å². The third kappa shape index (κ3) is 2.79. The molecule has 1 atom stereocenters. The highest BCUT2D eigenvalue weighted by Crippen LogP contribution is 2.02. The van der Waals surface area contributed by atoms with Crippen molar-refractivity contribution in [1.82, 2.24) is 9.55 Å². The van der Waals surface area contributed by atoms with Crippen LogP contribution in [0.15, 0.2) is 17.6 Å². The predicted octanol–water partition coefficient (Wildman–Crippen LogP) is -1.09. The van der Waals surface area contributed by atoms with Gasteiger partial charge in [0.15, 0.2) is 5.03 Å². The largest absolute Gasteiger partial charge is 0.392 e. The lowest BCUT2D eigenvalue weighted by Gasteiger charge is -2.02. The molecule has 74 valence electrons. The zero-order valence-electron chi connectivity index (χ0n) is 7.08. The number of sulfonamides is 1. The SMILES string of the molecule is C[C@@H](O)Cn1cnc(S(N)(=O)=O)c1. The van der Waals surface area contributed by atoms with E-state index in [0.29, 0.717) is 6.54 Å². The average Bonchev–Trinajstić information content (AvgIpc) is 2.32. The normalized spacial score (nSPS) is 14.4. The van der Waals surface area contributed by atoms with Crippen LogP contribution in [0, 0.1) is 0 Å². The van der Waals surface area contributed by atoms with Crippen LogP contribution in [0.3, 0.4) is 0 Å². The molecule has 0 aliphatic heterocycles. The summed E-state index contributed by atoms with van der Waals surface area (Å²) in [6, 6.07) is 0. The average molecular weight is 205 g/mol. The van der Waals surface area contributed by atoms with Crippen molar-refractivity contribution in [3.63, 3.8) is 0 Å². The summed E-state index contributed by atoms with van der Waals surface area (Å²) in [5.74, 6) is 0. The highest BCUT2D eigenvalue weighted by molar-refractivity contribution is 7.89. The standard InChI is InChI=1S/C6H11N3O3S/c1-5(10)2-9-3-6(8-4-9)13(7,11)12/h3-5,10H,2H2,1H3,(H2,7,11,12)/t5-/m1/s1. The fraction of sp³-hybridized carbons (Fsp3) is 0.500. The van der Waals surface area contributed by atoms with E-state index in [2.05, 4.69) is 4.98 Å². The summed E-state index contributed by atoms with van der Waals surface area (Å²) in [5, 5.41) is 13.6. The van der Waals surface area contributed by atoms with E-state index < -0.39 is 16.1 Å². The summed E-state index contributed by atoms with van der Waals surface area (Å²) in [6.45, 7) is 1.89. The highest BCUT2D eigenvalue weighted by Gasteiger charge is 2.11. The molecule has 0 amide bonds. The fourth-order valence-electron chi connectivity index (χ4n) is 0.891. The maximum absolute atomic E-state index is 10.8. The molecule has 1 aromatic heterocycles. The van der Waals surface area contributed by atoms with E-state index in [1.165, 1.54) is 17.1 Å². The molecule has 6 nitrogen and oxygen atoms in total. The van der Waals surface area contributed by atoms with E-state index in [4.69, 9.17) is 10.2 Å². The van der Waals surface area contributed by atoms with Gasteiger partial charge in [0.2, 0.25) is 0 Å². The Morgan fingerprint density at radius 3 is 2.77 bits per heavy atom. The molecule has 1 aromatic rings. The van der Waals surface area contributed by atoms with Crippen LogP contribution in [0.2, 0.25) is 0 Å². The number of hydrogen-bond donors (Lipinski definition) is 2. The van der Waals surface area contributed by atoms with Gasteiger partial charge in [0.05, 0.1) is 12.4 Å². The van der Waals surface area contributed by atoms with Gasteiger partial charge in [0.1, 0.15) is 0 Å². The number of nitrogens with zero attached hydrogens (tertiary/aromatic N) is 2. The first-order valence-corrected chi connectivity index (χ1v) is 5.17. The third-order valence-corrected chi connectivity index (χ3v) is 2.17. The Hall–Kier alpha value is -0.920. The van der Waals surface area contributed by atoms with Gasteiger partial charge in [-0.05, 0) is 6.92 Å². The molecule has 1 heterocycles. The second kappa shape index (κ2) is 3.44. The lowest BCUT2D eigenvalue weighted by atomic mass is 10.4. The molecular formula is C6H11N3O3S. The highest BCUT2D eigenvalue weighted by atomic mass is 32.2. The number of nitrogens with two attached hydrogens (primary N) is 1. The van der Waals surface area contributed by atoms with Gasteiger partial charge in [-0.3, -0.25) is 0 Å². The molecule has 0 fully saturated rings. The van der Waals surface area contributed by atoms with Gasteiger partial charge in [-0.25, -0.2) is 18.5 Å². The summed E-state index contributed by atoms with van der Waals surface area (Å²) in [5.41, 5.74) is 0. The quantitative estimate of drug-likeness (QED) is 0.655. The van der Waals surface area contributed by atoms with E-state index in [9.17, 15) is 8.42 Å².